The van der Waals surface area contributed by atoms with E-state index < -0.39 is 0 Å². The SMILES string of the molecule is C#Cc1ccc(C2(OC)CC2)cc1. The Morgan fingerprint density at radius 3 is 2.31 bits per heavy atom. The highest BCUT2D eigenvalue weighted by molar-refractivity contribution is 5.37. The third-order valence-corrected chi connectivity index (χ3v) is 2.67. The summed E-state index contributed by atoms with van der Waals surface area (Å²) >= 11 is 0. The molecule has 0 bridgehead atoms. The van der Waals surface area contributed by atoms with Crippen LogP contribution in [0.3, 0.4) is 0 Å². The summed E-state index contributed by atoms with van der Waals surface area (Å²) < 4.78 is 5.46. The first-order valence-electron chi connectivity index (χ1n) is 4.43. The van der Waals surface area contributed by atoms with Gasteiger partial charge < -0.3 is 4.74 Å². The van der Waals surface area contributed by atoms with Crippen molar-refractivity contribution in [2.45, 2.75) is 18.4 Å². The number of rotatable bonds is 2. The highest BCUT2D eigenvalue weighted by Gasteiger charge is 2.44. The lowest BCUT2D eigenvalue weighted by Crippen LogP contribution is -2.08. The molecular formula is C12H12O. The van der Waals surface area contributed by atoms with Gasteiger partial charge in [-0.05, 0) is 30.5 Å². The summed E-state index contributed by atoms with van der Waals surface area (Å²) in [5.74, 6) is 2.60. The Balaban J connectivity index is 2.29. The number of hydrogen-bond donors (Lipinski definition) is 0. The van der Waals surface area contributed by atoms with Crippen LogP contribution in [-0.2, 0) is 10.3 Å². The van der Waals surface area contributed by atoms with Gasteiger partial charge in [0.05, 0.1) is 5.60 Å². The summed E-state index contributed by atoms with van der Waals surface area (Å²) in [6.07, 6.45) is 7.52. The number of methoxy groups -OCH3 is 1. The maximum Gasteiger partial charge on any atom is 0.0929 e. The lowest BCUT2D eigenvalue weighted by molar-refractivity contribution is 0.0789. The van der Waals surface area contributed by atoms with Crippen LogP contribution in [0.25, 0.3) is 0 Å². The van der Waals surface area contributed by atoms with Gasteiger partial charge in [0.2, 0.25) is 0 Å². The molecule has 0 aromatic heterocycles. The molecule has 13 heavy (non-hydrogen) atoms. The molecule has 0 saturated heterocycles. The van der Waals surface area contributed by atoms with Crippen molar-refractivity contribution in [2.75, 3.05) is 7.11 Å². The van der Waals surface area contributed by atoms with Gasteiger partial charge in [0.25, 0.3) is 0 Å². The van der Waals surface area contributed by atoms with Crippen LogP contribution in [0.4, 0.5) is 0 Å². The average Bonchev–Trinajstić information content (AvgIpc) is 2.99. The molecule has 66 valence electrons. The van der Waals surface area contributed by atoms with Crippen molar-refractivity contribution >= 4 is 0 Å². The van der Waals surface area contributed by atoms with Crippen LogP contribution in [0.5, 0.6) is 0 Å². The summed E-state index contributed by atoms with van der Waals surface area (Å²) in [5.41, 5.74) is 2.18. The smallest absolute Gasteiger partial charge is 0.0929 e. The molecule has 0 spiro atoms. The summed E-state index contributed by atoms with van der Waals surface area (Å²) in [5, 5.41) is 0. The number of ether oxygens (including phenoxy) is 1. The standard InChI is InChI=1S/C12H12O/c1-3-10-4-6-11(7-5-10)12(13-2)8-9-12/h1,4-7H,8-9H2,2H3. The molecule has 1 saturated carbocycles. The summed E-state index contributed by atoms with van der Waals surface area (Å²) in [6, 6.07) is 8.06. The zero-order valence-electron chi connectivity index (χ0n) is 7.71. The van der Waals surface area contributed by atoms with Gasteiger partial charge in [-0.3, -0.25) is 0 Å². The summed E-state index contributed by atoms with van der Waals surface area (Å²) in [4.78, 5) is 0. The number of hydrogen-bond acceptors (Lipinski definition) is 1. The molecule has 0 unspecified atom stereocenters. The van der Waals surface area contributed by atoms with Gasteiger partial charge in [-0.2, -0.15) is 0 Å². The third kappa shape index (κ3) is 1.34. The van der Waals surface area contributed by atoms with E-state index in [0.29, 0.717) is 0 Å². The van der Waals surface area contributed by atoms with Crippen LogP contribution in [0.2, 0.25) is 0 Å². The van der Waals surface area contributed by atoms with Crippen molar-refractivity contribution in [1.29, 1.82) is 0 Å². The second kappa shape index (κ2) is 2.90. The molecule has 0 heterocycles. The molecule has 1 aliphatic rings. The Kier molecular flexibility index (Phi) is 1.86. The number of benzene rings is 1. The van der Waals surface area contributed by atoms with Gasteiger partial charge in [0, 0.05) is 12.7 Å². The maximum atomic E-state index is 5.46. The summed E-state index contributed by atoms with van der Waals surface area (Å²) in [7, 11) is 1.77. The Bertz CT molecular complexity index is 338. The molecule has 1 fully saturated rings. The molecule has 0 atom stereocenters. The fourth-order valence-corrected chi connectivity index (χ4v) is 1.59. The van der Waals surface area contributed by atoms with Gasteiger partial charge in [0.15, 0.2) is 0 Å². The van der Waals surface area contributed by atoms with E-state index in [1.54, 1.807) is 7.11 Å². The minimum Gasteiger partial charge on any atom is -0.374 e. The molecule has 0 radical (unpaired) electrons. The van der Waals surface area contributed by atoms with Crippen LogP contribution in [0.1, 0.15) is 24.0 Å². The zero-order valence-corrected chi connectivity index (χ0v) is 7.71. The first kappa shape index (κ1) is 8.34. The summed E-state index contributed by atoms with van der Waals surface area (Å²) in [6.45, 7) is 0. The van der Waals surface area contributed by atoms with Gasteiger partial charge in [-0.25, -0.2) is 0 Å². The molecule has 0 aliphatic heterocycles. The van der Waals surface area contributed by atoms with Gasteiger partial charge in [-0.15, -0.1) is 6.42 Å². The highest BCUT2D eigenvalue weighted by Crippen LogP contribution is 2.48. The van der Waals surface area contributed by atoms with Crippen molar-refractivity contribution < 1.29 is 4.74 Å². The molecule has 1 nitrogen and oxygen atoms in total. The Morgan fingerprint density at radius 1 is 1.31 bits per heavy atom. The van der Waals surface area contributed by atoms with Crippen LogP contribution < -0.4 is 0 Å². The lowest BCUT2D eigenvalue weighted by atomic mass is 10.1. The van der Waals surface area contributed by atoms with E-state index in [2.05, 4.69) is 18.1 Å². The van der Waals surface area contributed by atoms with E-state index in [0.717, 1.165) is 18.4 Å². The van der Waals surface area contributed by atoms with Crippen molar-refractivity contribution in [3.05, 3.63) is 35.4 Å². The van der Waals surface area contributed by atoms with E-state index in [1.165, 1.54) is 5.56 Å². The second-order valence-corrected chi connectivity index (χ2v) is 3.42. The average molecular weight is 172 g/mol. The van der Waals surface area contributed by atoms with Gasteiger partial charge in [-0.1, -0.05) is 18.1 Å². The third-order valence-electron chi connectivity index (χ3n) is 2.67. The van der Waals surface area contributed by atoms with E-state index in [-0.39, 0.29) is 5.60 Å². The second-order valence-electron chi connectivity index (χ2n) is 3.42. The fraction of sp³-hybridized carbons (Fsp3) is 0.333. The number of terminal acetylenes is 1. The molecule has 1 aromatic rings. The van der Waals surface area contributed by atoms with E-state index >= 15 is 0 Å². The predicted molar refractivity (Wildman–Crippen MR) is 52.3 cm³/mol. The first-order chi connectivity index (χ1) is 6.30. The largest absolute Gasteiger partial charge is 0.374 e. The van der Waals surface area contributed by atoms with E-state index in [4.69, 9.17) is 11.2 Å². The van der Waals surface area contributed by atoms with E-state index in [1.807, 2.05) is 12.1 Å². The van der Waals surface area contributed by atoms with Gasteiger partial charge in [0.1, 0.15) is 0 Å². The van der Waals surface area contributed by atoms with E-state index in [9.17, 15) is 0 Å². The zero-order chi connectivity index (χ0) is 9.31. The highest BCUT2D eigenvalue weighted by atomic mass is 16.5. The van der Waals surface area contributed by atoms with Crippen molar-refractivity contribution in [3.63, 3.8) is 0 Å². The minimum atomic E-state index is 0.00707. The predicted octanol–water partition coefficient (Wildman–Crippen LogP) is 2.30. The molecule has 2 rings (SSSR count). The van der Waals surface area contributed by atoms with Crippen LogP contribution in [0.15, 0.2) is 24.3 Å². The maximum absolute atomic E-state index is 5.46. The Morgan fingerprint density at radius 2 is 1.92 bits per heavy atom. The minimum absolute atomic E-state index is 0.00707. The molecule has 0 N–H and O–H groups in total. The first-order valence-corrected chi connectivity index (χ1v) is 4.43. The Hall–Kier alpha value is -1.26. The molecule has 1 aromatic carbocycles. The lowest BCUT2D eigenvalue weighted by Gasteiger charge is -2.13. The van der Waals surface area contributed by atoms with Crippen molar-refractivity contribution in [1.82, 2.24) is 0 Å². The van der Waals surface area contributed by atoms with Crippen LogP contribution >= 0.6 is 0 Å². The molecule has 0 amide bonds. The van der Waals surface area contributed by atoms with Crippen LogP contribution in [0, 0.1) is 12.3 Å². The van der Waals surface area contributed by atoms with Crippen molar-refractivity contribution in [3.8, 4) is 12.3 Å². The van der Waals surface area contributed by atoms with Crippen molar-refractivity contribution in [2.24, 2.45) is 0 Å². The normalized spacial score (nSPS) is 17.8. The van der Waals surface area contributed by atoms with Crippen LogP contribution in [-0.4, -0.2) is 7.11 Å². The quantitative estimate of drug-likeness (QED) is 0.622. The topological polar surface area (TPSA) is 9.23 Å². The fourth-order valence-electron chi connectivity index (χ4n) is 1.59. The Labute approximate surface area is 78.7 Å². The molecule has 1 aliphatic carbocycles. The molecule has 1 heteroatoms. The van der Waals surface area contributed by atoms with Gasteiger partial charge >= 0.3 is 0 Å². The molecular weight excluding hydrogens is 160 g/mol. The monoisotopic (exact) mass is 172 g/mol.